The highest BCUT2D eigenvalue weighted by Crippen LogP contribution is 2.28. The molecule has 5 heteroatoms. The molecule has 0 saturated heterocycles. The molecule has 5 nitrogen and oxygen atoms in total. The molecule has 0 bridgehead atoms. The van der Waals surface area contributed by atoms with Gasteiger partial charge in [0.05, 0.1) is 10.9 Å². The number of ether oxygens (including phenoxy) is 2. The van der Waals surface area contributed by atoms with Crippen LogP contribution in [0, 0.1) is 6.92 Å². The maximum absolute atomic E-state index is 12.4. The molecule has 0 aliphatic rings. The van der Waals surface area contributed by atoms with Crippen molar-refractivity contribution < 1.29 is 18.7 Å². The molecule has 0 amide bonds. The minimum absolute atomic E-state index is 0.245. The lowest BCUT2D eigenvalue weighted by molar-refractivity contribution is -0.136. The van der Waals surface area contributed by atoms with Crippen LogP contribution in [0.4, 0.5) is 0 Å². The van der Waals surface area contributed by atoms with Gasteiger partial charge in [0.15, 0.2) is 12.4 Å². The minimum Gasteiger partial charge on any atom is -0.482 e. The molecule has 0 atom stereocenters. The Kier molecular flexibility index (Phi) is 5.91. The van der Waals surface area contributed by atoms with Gasteiger partial charge in [0.25, 0.3) is 0 Å². The molecule has 0 aliphatic carbocycles. The lowest BCUT2D eigenvalue weighted by atomic mass is 10.1. The van der Waals surface area contributed by atoms with Crippen molar-refractivity contribution >= 4 is 16.9 Å². The molecule has 0 unspecified atom stereocenters. The molecule has 3 aromatic rings. The summed E-state index contributed by atoms with van der Waals surface area (Å²) >= 11 is 0. The van der Waals surface area contributed by atoms with Crippen molar-refractivity contribution in [3.8, 4) is 11.5 Å². The standard InChI is InChI=1S/C22H22O5/c1-3-4-7-18-21(17-8-5-6-9-19(17)26-22(18)24)27-20(23)14-25-16-12-10-15(2)11-13-16/h5-6,8-13H,3-4,7,14H2,1-2H3. The second-order valence-electron chi connectivity index (χ2n) is 6.37. The number of fused-ring (bicyclic) bond motifs is 1. The molecule has 0 N–H and O–H groups in total. The molecule has 1 heterocycles. The van der Waals surface area contributed by atoms with E-state index in [2.05, 4.69) is 0 Å². The van der Waals surface area contributed by atoms with Crippen LogP contribution in [0.15, 0.2) is 57.7 Å². The Morgan fingerprint density at radius 3 is 2.56 bits per heavy atom. The van der Waals surface area contributed by atoms with E-state index in [-0.39, 0.29) is 12.4 Å². The summed E-state index contributed by atoms with van der Waals surface area (Å²) in [5, 5.41) is 0.604. The maximum Gasteiger partial charge on any atom is 0.349 e. The van der Waals surface area contributed by atoms with E-state index in [4.69, 9.17) is 13.9 Å². The number of para-hydroxylation sites is 1. The van der Waals surface area contributed by atoms with Gasteiger partial charge in [0, 0.05) is 0 Å². The van der Waals surface area contributed by atoms with E-state index in [1.54, 1.807) is 30.3 Å². The van der Waals surface area contributed by atoms with Crippen molar-refractivity contribution in [3.63, 3.8) is 0 Å². The summed E-state index contributed by atoms with van der Waals surface area (Å²) in [6, 6.07) is 14.4. The molecular weight excluding hydrogens is 344 g/mol. The lowest BCUT2D eigenvalue weighted by Gasteiger charge is -2.12. The molecule has 2 aromatic carbocycles. The molecular formula is C22H22O5. The first-order valence-electron chi connectivity index (χ1n) is 9.03. The van der Waals surface area contributed by atoms with Crippen LogP contribution in [-0.2, 0) is 11.2 Å². The Labute approximate surface area is 157 Å². The van der Waals surface area contributed by atoms with Crippen molar-refractivity contribution in [2.75, 3.05) is 6.61 Å². The van der Waals surface area contributed by atoms with E-state index in [0.717, 1.165) is 18.4 Å². The van der Waals surface area contributed by atoms with Gasteiger partial charge >= 0.3 is 11.6 Å². The van der Waals surface area contributed by atoms with Crippen molar-refractivity contribution in [2.24, 2.45) is 0 Å². The molecule has 0 saturated carbocycles. The third-order valence-electron chi connectivity index (χ3n) is 4.23. The molecule has 0 fully saturated rings. The number of benzene rings is 2. The molecule has 0 aliphatic heterocycles. The van der Waals surface area contributed by atoms with Crippen molar-refractivity contribution in [2.45, 2.75) is 33.1 Å². The van der Waals surface area contributed by atoms with E-state index < -0.39 is 11.6 Å². The largest absolute Gasteiger partial charge is 0.482 e. The fourth-order valence-electron chi connectivity index (χ4n) is 2.77. The van der Waals surface area contributed by atoms with E-state index in [1.165, 1.54) is 0 Å². The Morgan fingerprint density at radius 2 is 1.81 bits per heavy atom. The highest BCUT2D eigenvalue weighted by Gasteiger charge is 2.18. The zero-order valence-electron chi connectivity index (χ0n) is 15.5. The number of unbranched alkanes of at least 4 members (excludes halogenated alkanes) is 1. The van der Waals surface area contributed by atoms with E-state index >= 15 is 0 Å². The maximum atomic E-state index is 12.4. The fraction of sp³-hybridized carbons (Fsp3) is 0.273. The third-order valence-corrected chi connectivity index (χ3v) is 4.23. The summed E-state index contributed by atoms with van der Waals surface area (Å²) in [6.07, 6.45) is 2.20. The lowest BCUT2D eigenvalue weighted by Crippen LogP contribution is -2.20. The first-order chi connectivity index (χ1) is 13.1. The predicted molar refractivity (Wildman–Crippen MR) is 103 cm³/mol. The molecule has 27 heavy (non-hydrogen) atoms. The van der Waals surface area contributed by atoms with Gasteiger partial charge in [0.2, 0.25) is 0 Å². The number of hydrogen-bond acceptors (Lipinski definition) is 5. The summed E-state index contributed by atoms with van der Waals surface area (Å²) < 4.78 is 16.4. The van der Waals surface area contributed by atoms with Gasteiger partial charge in [-0.25, -0.2) is 9.59 Å². The monoisotopic (exact) mass is 366 g/mol. The second-order valence-corrected chi connectivity index (χ2v) is 6.37. The number of aryl methyl sites for hydroxylation is 1. The van der Waals surface area contributed by atoms with Gasteiger partial charge in [-0.3, -0.25) is 0 Å². The fourth-order valence-corrected chi connectivity index (χ4v) is 2.77. The van der Waals surface area contributed by atoms with Gasteiger partial charge in [-0.05, 0) is 44.0 Å². The highest BCUT2D eigenvalue weighted by atomic mass is 16.6. The second kappa shape index (κ2) is 8.54. The van der Waals surface area contributed by atoms with Crippen molar-refractivity contribution in [1.82, 2.24) is 0 Å². The van der Waals surface area contributed by atoms with E-state index in [0.29, 0.717) is 28.7 Å². The number of carbonyl (C=O) groups is 1. The van der Waals surface area contributed by atoms with Gasteiger partial charge in [0.1, 0.15) is 11.3 Å². The summed E-state index contributed by atoms with van der Waals surface area (Å²) in [5.74, 6) is 0.290. The summed E-state index contributed by atoms with van der Waals surface area (Å²) in [5.41, 5.74) is 1.42. The first-order valence-corrected chi connectivity index (χ1v) is 9.03. The molecule has 0 spiro atoms. The van der Waals surface area contributed by atoms with Crippen LogP contribution in [0.3, 0.4) is 0 Å². The van der Waals surface area contributed by atoms with Gasteiger partial charge in [-0.1, -0.05) is 43.2 Å². The Bertz CT molecular complexity index is 986. The predicted octanol–water partition coefficient (Wildman–Crippen LogP) is 4.43. The van der Waals surface area contributed by atoms with Gasteiger partial charge in [-0.2, -0.15) is 0 Å². The number of rotatable bonds is 7. The van der Waals surface area contributed by atoms with Crippen LogP contribution in [0.5, 0.6) is 11.5 Å². The molecule has 140 valence electrons. The van der Waals surface area contributed by atoms with Crippen molar-refractivity contribution in [3.05, 3.63) is 70.1 Å². The van der Waals surface area contributed by atoms with Crippen LogP contribution in [-0.4, -0.2) is 12.6 Å². The normalized spacial score (nSPS) is 10.7. The number of esters is 1. The molecule has 1 aromatic heterocycles. The van der Waals surface area contributed by atoms with E-state index in [9.17, 15) is 9.59 Å². The first kappa shape index (κ1) is 18.7. The van der Waals surface area contributed by atoms with Crippen molar-refractivity contribution in [1.29, 1.82) is 0 Å². The Balaban J connectivity index is 1.84. The minimum atomic E-state index is -0.566. The van der Waals surface area contributed by atoms with Gasteiger partial charge in [-0.15, -0.1) is 0 Å². The topological polar surface area (TPSA) is 65.7 Å². The van der Waals surface area contributed by atoms with Gasteiger partial charge < -0.3 is 13.9 Å². The number of hydrogen-bond donors (Lipinski definition) is 0. The van der Waals surface area contributed by atoms with Crippen LogP contribution < -0.4 is 15.1 Å². The van der Waals surface area contributed by atoms with Crippen LogP contribution in [0.2, 0.25) is 0 Å². The third kappa shape index (κ3) is 4.56. The van der Waals surface area contributed by atoms with Crippen LogP contribution in [0.25, 0.3) is 11.0 Å². The summed E-state index contributed by atoms with van der Waals surface area (Å²) in [6.45, 7) is 3.76. The Morgan fingerprint density at radius 1 is 1.07 bits per heavy atom. The number of carbonyl (C=O) groups excluding carboxylic acids is 1. The highest BCUT2D eigenvalue weighted by molar-refractivity contribution is 5.87. The average Bonchev–Trinajstić information content (AvgIpc) is 2.67. The molecule has 3 rings (SSSR count). The average molecular weight is 366 g/mol. The van der Waals surface area contributed by atoms with Crippen LogP contribution >= 0.6 is 0 Å². The Hall–Kier alpha value is -3.08. The zero-order valence-corrected chi connectivity index (χ0v) is 15.5. The molecule has 0 radical (unpaired) electrons. The quantitative estimate of drug-likeness (QED) is 0.457. The summed E-state index contributed by atoms with van der Waals surface area (Å²) in [7, 11) is 0. The zero-order chi connectivity index (χ0) is 19.2. The van der Waals surface area contributed by atoms with E-state index in [1.807, 2.05) is 32.0 Å². The van der Waals surface area contributed by atoms with Crippen LogP contribution in [0.1, 0.15) is 30.9 Å². The smallest absolute Gasteiger partial charge is 0.349 e. The summed E-state index contributed by atoms with van der Waals surface area (Å²) in [4.78, 5) is 24.7. The SMILES string of the molecule is CCCCc1c(OC(=O)COc2ccc(C)cc2)c2ccccc2oc1=O.